The minimum absolute atomic E-state index is 0.134. The van der Waals surface area contributed by atoms with Crippen molar-refractivity contribution in [3.05, 3.63) is 59.7 Å². The Bertz CT molecular complexity index is 745. The molecule has 3 rings (SSSR count). The van der Waals surface area contributed by atoms with E-state index in [0.29, 0.717) is 11.3 Å². The van der Waals surface area contributed by atoms with Crippen molar-refractivity contribution < 1.29 is 19.1 Å². The standard InChI is InChI=1S/C17H16N2O4/c1-22-15(20)10-23-12-6-4-5-11(9-12)16-18-14-8-3-2-7-13(14)17(21)19-16/h2-9,16,18H,10H2,1H3,(H,19,21)/t16-/m0/s1. The Kier molecular flexibility index (Phi) is 4.14. The van der Waals surface area contributed by atoms with Gasteiger partial charge in [-0.3, -0.25) is 4.79 Å². The van der Waals surface area contributed by atoms with Crippen molar-refractivity contribution in [1.29, 1.82) is 0 Å². The van der Waals surface area contributed by atoms with Crippen LogP contribution in [-0.2, 0) is 9.53 Å². The number of nitrogens with one attached hydrogen (secondary N) is 2. The van der Waals surface area contributed by atoms with Gasteiger partial charge in [0.25, 0.3) is 5.91 Å². The van der Waals surface area contributed by atoms with Gasteiger partial charge in [0.1, 0.15) is 11.9 Å². The molecule has 1 heterocycles. The van der Waals surface area contributed by atoms with Crippen molar-refractivity contribution >= 4 is 17.6 Å². The molecule has 0 aromatic heterocycles. The number of benzene rings is 2. The van der Waals surface area contributed by atoms with E-state index in [4.69, 9.17) is 4.74 Å². The van der Waals surface area contributed by atoms with E-state index in [1.165, 1.54) is 7.11 Å². The van der Waals surface area contributed by atoms with Crippen molar-refractivity contribution in [3.8, 4) is 5.75 Å². The number of amides is 1. The van der Waals surface area contributed by atoms with Gasteiger partial charge in [0, 0.05) is 5.69 Å². The molecule has 23 heavy (non-hydrogen) atoms. The predicted molar refractivity (Wildman–Crippen MR) is 84.2 cm³/mol. The maximum absolute atomic E-state index is 12.2. The molecule has 1 atom stereocenters. The van der Waals surface area contributed by atoms with Crippen molar-refractivity contribution in [1.82, 2.24) is 5.32 Å². The largest absolute Gasteiger partial charge is 0.482 e. The van der Waals surface area contributed by atoms with Crippen LogP contribution in [0.3, 0.4) is 0 Å². The van der Waals surface area contributed by atoms with Gasteiger partial charge in [0.15, 0.2) is 6.61 Å². The van der Waals surface area contributed by atoms with Crippen LogP contribution in [0.1, 0.15) is 22.1 Å². The molecule has 0 saturated carbocycles. The fourth-order valence-corrected chi connectivity index (χ4v) is 2.36. The van der Waals surface area contributed by atoms with Gasteiger partial charge in [0.2, 0.25) is 0 Å². The first-order chi connectivity index (χ1) is 11.2. The number of para-hydroxylation sites is 1. The molecule has 1 amide bonds. The van der Waals surface area contributed by atoms with Gasteiger partial charge in [-0.25, -0.2) is 4.79 Å². The van der Waals surface area contributed by atoms with Crippen molar-refractivity contribution in [2.75, 3.05) is 19.0 Å². The summed E-state index contributed by atoms with van der Waals surface area (Å²) in [5.74, 6) is -0.0542. The lowest BCUT2D eigenvalue weighted by Gasteiger charge is -2.28. The van der Waals surface area contributed by atoms with Gasteiger partial charge in [-0.15, -0.1) is 0 Å². The van der Waals surface area contributed by atoms with Crippen LogP contribution >= 0.6 is 0 Å². The van der Waals surface area contributed by atoms with Crippen LogP contribution in [0.5, 0.6) is 5.75 Å². The Balaban J connectivity index is 1.78. The number of methoxy groups -OCH3 is 1. The van der Waals surface area contributed by atoms with Crippen LogP contribution in [0.25, 0.3) is 0 Å². The number of esters is 1. The van der Waals surface area contributed by atoms with E-state index < -0.39 is 5.97 Å². The Labute approximate surface area is 133 Å². The molecule has 0 spiro atoms. The monoisotopic (exact) mass is 312 g/mol. The number of rotatable bonds is 4. The number of fused-ring (bicyclic) bond motifs is 1. The number of carbonyl (C=O) groups excluding carboxylic acids is 2. The minimum Gasteiger partial charge on any atom is -0.482 e. The number of carbonyl (C=O) groups is 2. The van der Waals surface area contributed by atoms with Crippen molar-refractivity contribution in [3.63, 3.8) is 0 Å². The predicted octanol–water partition coefficient (Wildman–Crippen LogP) is 2.09. The SMILES string of the molecule is COC(=O)COc1cccc([C@@H]2NC(=O)c3ccccc3N2)c1. The smallest absolute Gasteiger partial charge is 0.343 e. The molecular formula is C17H16N2O4. The Morgan fingerprint density at radius 2 is 1.96 bits per heavy atom. The summed E-state index contributed by atoms with van der Waals surface area (Å²) >= 11 is 0. The van der Waals surface area contributed by atoms with Gasteiger partial charge >= 0.3 is 5.97 Å². The van der Waals surface area contributed by atoms with Crippen molar-refractivity contribution in [2.24, 2.45) is 0 Å². The number of ether oxygens (including phenoxy) is 2. The topological polar surface area (TPSA) is 76.7 Å². The Hall–Kier alpha value is -3.02. The van der Waals surface area contributed by atoms with E-state index in [0.717, 1.165) is 11.3 Å². The second-order valence-corrected chi connectivity index (χ2v) is 5.03. The van der Waals surface area contributed by atoms with E-state index >= 15 is 0 Å². The van der Waals surface area contributed by atoms with E-state index in [9.17, 15) is 9.59 Å². The zero-order chi connectivity index (χ0) is 16.2. The summed E-state index contributed by atoms with van der Waals surface area (Å²) in [5.41, 5.74) is 2.22. The van der Waals surface area contributed by atoms with Gasteiger partial charge in [0.05, 0.1) is 12.7 Å². The van der Waals surface area contributed by atoms with Gasteiger partial charge in [-0.2, -0.15) is 0 Å². The van der Waals surface area contributed by atoms with Crippen LogP contribution in [0.15, 0.2) is 48.5 Å². The first kappa shape index (κ1) is 14.9. The summed E-state index contributed by atoms with van der Waals surface area (Å²) in [6, 6.07) is 14.5. The summed E-state index contributed by atoms with van der Waals surface area (Å²) < 4.78 is 9.91. The highest BCUT2D eigenvalue weighted by atomic mass is 16.6. The molecule has 2 aromatic rings. The third-order valence-corrected chi connectivity index (χ3v) is 3.52. The van der Waals surface area contributed by atoms with Crippen LogP contribution < -0.4 is 15.4 Å². The highest BCUT2D eigenvalue weighted by Gasteiger charge is 2.24. The zero-order valence-electron chi connectivity index (χ0n) is 12.5. The molecule has 6 nitrogen and oxygen atoms in total. The molecule has 0 bridgehead atoms. The lowest BCUT2D eigenvalue weighted by Crippen LogP contribution is -2.38. The summed E-state index contributed by atoms with van der Waals surface area (Å²) in [5, 5.41) is 6.16. The van der Waals surface area contributed by atoms with Crippen LogP contribution in [0.4, 0.5) is 5.69 Å². The van der Waals surface area contributed by atoms with E-state index in [2.05, 4.69) is 15.4 Å². The summed E-state index contributed by atoms with van der Waals surface area (Å²) in [6.07, 6.45) is -0.362. The number of hydrogen-bond acceptors (Lipinski definition) is 5. The molecule has 0 unspecified atom stereocenters. The number of hydrogen-bond donors (Lipinski definition) is 2. The molecule has 0 saturated heterocycles. The van der Waals surface area contributed by atoms with E-state index in [1.807, 2.05) is 24.3 Å². The Morgan fingerprint density at radius 3 is 2.78 bits per heavy atom. The molecule has 0 aliphatic carbocycles. The quantitative estimate of drug-likeness (QED) is 0.846. The first-order valence-corrected chi connectivity index (χ1v) is 7.13. The second kappa shape index (κ2) is 6.39. The summed E-state index contributed by atoms with van der Waals surface area (Å²) in [6.45, 7) is -0.159. The number of anilines is 1. The summed E-state index contributed by atoms with van der Waals surface area (Å²) in [7, 11) is 1.31. The molecule has 1 aliphatic rings. The minimum atomic E-state index is -0.451. The molecule has 2 aromatic carbocycles. The molecule has 2 N–H and O–H groups in total. The Morgan fingerprint density at radius 1 is 1.13 bits per heavy atom. The lowest BCUT2D eigenvalue weighted by atomic mass is 10.1. The second-order valence-electron chi connectivity index (χ2n) is 5.03. The van der Waals surface area contributed by atoms with Gasteiger partial charge < -0.3 is 20.1 Å². The average Bonchev–Trinajstić information content (AvgIpc) is 2.60. The maximum atomic E-state index is 12.2. The summed E-state index contributed by atoms with van der Waals surface area (Å²) in [4.78, 5) is 23.3. The molecule has 1 aliphatic heterocycles. The third-order valence-electron chi connectivity index (χ3n) is 3.52. The zero-order valence-corrected chi connectivity index (χ0v) is 12.5. The molecular weight excluding hydrogens is 296 g/mol. The van der Waals surface area contributed by atoms with Gasteiger partial charge in [-0.05, 0) is 29.8 Å². The van der Waals surface area contributed by atoms with Crippen LogP contribution in [-0.4, -0.2) is 25.6 Å². The molecule has 118 valence electrons. The molecule has 0 fully saturated rings. The molecule has 0 radical (unpaired) electrons. The highest BCUT2D eigenvalue weighted by Crippen LogP contribution is 2.27. The van der Waals surface area contributed by atoms with Crippen LogP contribution in [0.2, 0.25) is 0 Å². The first-order valence-electron chi connectivity index (χ1n) is 7.13. The average molecular weight is 312 g/mol. The van der Waals surface area contributed by atoms with E-state index in [1.54, 1.807) is 24.3 Å². The molecule has 6 heteroatoms. The fourth-order valence-electron chi connectivity index (χ4n) is 2.36. The normalized spacial score (nSPS) is 15.9. The third kappa shape index (κ3) is 3.26. The lowest BCUT2D eigenvalue weighted by molar-refractivity contribution is -0.142. The highest BCUT2D eigenvalue weighted by molar-refractivity contribution is 6.01. The van der Waals surface area contributed by atoms with Crippen molar-refractivity contribution in [2.45, 2.75) is 6.17 Å². The van der Waals surface area contributed by atoms with Crippen LogP contribution in [0, 0.1) is 0 Å². The fraction of sp³-hybridized carbons (Fsp3) is 0.176. The van der Waals surface area contributed by atoms with E-state index in [-0.39, 0.29) is 18.7 Å². The maximum Gasteiger partial charge on any atom is 0.343 e. The van der Waals surface area contributed by atoms with Gasteiger partial charge in [-0.1, -0.05) is 24.3 Å².